The molecule has 1 atom stereocenters. The van der Waals surface area contributed by atoms with Gasteiger partial charge >= 0.3 is 0 Å². The van der Waals surface area contributed by atoms with E-state index >= 15 is 0 Å². The Morgan fingerprint density at radius 3 is 2.55 bits per heavy atom. The highest BCUT2D eigenvalue weighted by Crippen LogP contribution is 2.19. The SMILES string of the molecule is O=S(=O)(NC(CO)c1ccco1)c1ccc(F)c(F)c1. The summed E-state index contributed by atoms with van der Waals surface area (Å²) >= 11 is 0. The van der Waals surface area contributed by atoms with Gasteiger partial charge in [0.1, 0.15) is 11.8 Å². The van der Waals surface area contributed by atoms with Crippen LogP contribution in [0, 0.1) is 11.6 Å². The number of sulfonamides is 1. The van der Waals surface area contributed by atoms with Gasteiger partial charge in [0, 0.05) is 0 Å². The number of hydrogen-bond acceptors (Lipinski definition) is 4. The predicted octanol–water partition coefficient (Wildman–Crippen LogP) is 1.57. The zero-order chi connectivity index (χ0) is 14.8. The summed E-state index contributed by atoms with van der Waals surface area (Å²) in [5.41, 5.74) is 0. The van der Waals surface area contributed by atoms with Gasteiger partial charge in [0.25, 0.3) is 0 Å². The minimum Gasteiger partial charge on any atom is -0.468 e. The lowest BCUT2D eigenvalue weighted by Gasteiger charge is -2.14. The van der Waals surface area contributed by atoms with Crippen molar-refractivity contribution in [1.82, 2.24) is 4.72 Å². The number of halogens is 2. The van der Waals surface area contributed by atoms with Crippen LogP contribution >= 0.6 is 0 Å². The minimum absolute atomic E-state index is 0.207. The smallest absolute Gasteiger partial charge is 0.241 e. The molecule has 2 aromatic rings. The third-order valence-corrected chi connectivity index (χ3v) is 4.04. The van der Waals surface area contributed by atoms with Gasteiger partial charge in [0.15, 0.2) is 11.6 Å². The summed E-state index contributed by atoms with van der Waals surface area (Å²) in [7, 11) is -4.11. The number of benzene rings is 1. The molecule has 0 fully saturated rings. The van der Waals surface area contributed by atoms with Gasteiger partial charge in [-0.2, -0.15) is 4.72 Å². The first-order chi connectivity index (χ1) is 9.44. The van der Waals surface area contributed by atoms with Crippen LogP contribution in [0.25, 0.3) is 0 Å². The van der Waals surface area contributed by atoms with Crippen LogP contribution in [0.15, 0.2) is 45.9 Å². The Hall–Kier alpha value is -1.77. The Labute approximate surface area is 113 Å². The molecular formula is C12H11F2NO4S. The maximum Gasteiger partial charge on any atom is 0.241 e. The molecular weight excluding hydrogens is 292 g/mol. The first-order valence-corrected chi connectivity index (χ1v) is 7.04. The van der Waals surface area contributed by atoms with Gasteiger partial charge in [-0.25, -0.2) is 17.2 Å². The fourth-order valence-electron chi connectivity index (χ4n) is 1.57. The van der Waals surface area contributed by atoms with Gasteiger partial charge in [-0.3, -0.25) is 0 Å². The molecule has 5 nitrogen and oxygen atoms in total. The average Bonchev–Trinajstić information content (AvgIpc) is 2.93. The lowest BCUT2D eigenvalue weighted by atomic mass is 10.2. The summed E-state index contributed by atoms with van der Waals surface area (Å²) in [5, 5.41) is 9.19. The molecule has 1 aromatic carbocycles. The Kier molecular flexibility index (Phi) is 4.17. The molecule has 20 heavy (non-hydrogen) atoms. The van der Waals surface area contributed by atoms with Gasteiger partial charge in [-0.05, 0) is 30.3 Å². The topological polar surface area (TPSA) is 79.5 Å². The Morgan fingerprint density at radius 2 is 2.00 bits per heavy atom. The monoisotopic (exact) mass is 303 g/mol. The van der Waals surface area contributed by atoms with Crippen molar-refractivity contribution in [3.63, 3.8) is 0 Å². The number of aliphatic hydroxyl groups excluding tert-OH is 1. The van der Waals surface area contributed by atoms with E-state index in [1.807, 2.05) is 0 Å². The second-order valence-electron chi connectivity index (χ2n) is 3.95. The van der Waals surface area contributed by atoms with Crippen molar-refractivity contribution in [3.05, 3.63) is 54.0 Å². The quantitative estimate of drug-likeness (QED) is 0.878. The third-order valence-electron chi connectivity index (χ3n) is 2.57. The van der Waals surface area contributed by atoms with Gasteiger partial charge < -0.3 is 9.52 Å². The fraction of sp³-hybridized carbons (Fsp3) is 0.167. The third kappa shape index (κ3) is 3.03. The Morgan fingerprint density at radius 1 is 1.25 bits per heavy atom. The van der Waals surface area contributed by atoms with Crippen molar-refractivity contribution < 1.29 is 26.7 Å². The highest BCUT2D eigenvalue weighted by atomic mass is 32.2. The first kappa shape index (κ1) is 14.6. The van der Waals surface area contributed by atoms with Crippen LogP contribution in [0.4, 0.5) is 8.78 Å². The summed E-state index contributed by atoms with van der Waals surface area (Å²) in [6.45, 7) is -0.545. The van der Waals surface area contributed by atoms with Crippen molar-refractivity contribution in [1.29, 1.82) is 0 Å². The standard InChI is InChI=1S/C12H11F2NO4S/c13-9-4-3-8(6-10(9)14)20(17,18)15-11(7-16)12-2-1-5-19-12/h1-6,11,15-16H,7H2. The second-order valence-corrected chi connectivity index (χ2v) is 5.66. The van der Waals surface area contributed by atoms with Crippen LogP contribution < -0.4 is 4.72 Å². The molecule has 0 spiro atoms. The maximum atomic E-state index is 13.1. The zero-order valence-electron chi connectivity index (χ0n) is 10.1. The second kappa shape index (κ2) is 5.70. The van der Waals surface area contributed by atoms with E-state index in [-0.39, 0.29) is 5.76 Å². The van der Waals surface area contributed by atoms with Crippen LogP contribution in [0.1, 0.15) is 11.8 Å². The van der Waals surface area contributed by atoms with Gasteiger partial charge in [0.05, 0.1) is 17.8 Å². The van der Waals surface area contributed by atoms with E-state index in [2.05, 4.69) is 4.72 Å². The van der Waals surface area contributed by atoms with Crippen molar-refractivity contribution in [2.75, 3.05) is 6.61 Å². The Balaban J connectivity index is 2.28. The molecule has 8 heteroatoms. The summed E-state index contributed by atoms with van der Waals surface area (Å²) < 4.78 is 57.0. The van der Waals surface area contributed by atoms with E-state index in [9.17, 15) is 22.3 Å². The van der Waals surface area contributed by atoms with Crippen molar-refractivity contribution >= 4 is 10.0 Å². The summed E-state index contributed by atoms with van der Waals surface area (Å²) in [6.07, 6.45) is 1.32. The molecule has 1 heterocycles. The first-order valence-electron chi connectivity index (χ1n) is 5.55. The highest BCUT2D eigenvalue weighted by molar-refractivity contribution is 7.89. The lowest BCUT2D eigenvalue weighted by molar-refractivity contribution is 0.242. The van der Waals surface area contributed by atoms with Gasteiger partial charge in [-0.15, -0.1) is 0 Å². The molecule has 0 radical (unpaired) electrons. The molecule has 0 aliphatic heterocycles. The molecule has 108 valence electrons. The molecule has 2 N–H and O–H groups in total. The molecule has 1 aromatic heterocycles. The van der Waals surface area contributed by atoms with E-state index in [0.29, 0.717) is 12.1 Å². The lowest BCUT2D eigenvalue weighted by Crippen LogP contribution is -2.30. The molecule has 0 saturated heterocycles. The summed E-state index contributed by atoms with van der Waals surface area (Å²) in [4.78, 5) is -0.443. The van der Waals surface area contributed by atoms with Crippen LogP contribution in [-0.4, -0.2) is 20.1 Å². The number of hydrogen-bond donors (Lipinski definition) is 2. The molecule has 0 bridgehead atoms. The number of nitrogens with one attached hydrogen (secondary N) is 1. The van der Waals surface area contributed by atoms with E-state index in [4.69, 9.17) is 4.42 Å². The largest absolute Gasteiger partial charge is 0.468 e. The number of rotatable bonds is 5. The van der Waals surface area contributed by atoms with Gasteiger partial charge in [0.2, 0.25) is 10.0 Å². The maximum absolute atomic E-state index is 13.1. The number of aliphatic hydroxyl groups is 1. The van der Waals surface area contributed by atoms with E-state index < -0.39 is 39.2 Å². The van der Waals surface area contributed by atoms with E-state index in [1.54, 1.807) is 0 Å². The summed E-state index contributed by atoms with van der Waals surface area (Å²) in [5.74, 6) is -2.21. The van der Waals surface area contributed by atoms with Crippen molar-refractivity contribution in [3.8, 4) is 0 Å². The van der Waals surface area contributed by atoms with Crippen LogP contribution in [-0.2, 0) is 10.0 Å². The normalized spacial score (nSPS) is 13.3. The zero-order valence-corrected chi connectivity index (χ0v) is 10.9. The van der Waals surface area contributed by atoms with Crippen LogP contribution in [0.3, 0.4) is 0 Å². The molecule has 0 amide bonds. The molecule has 0 saturated carbocycles. The molecule has 1 unspecified atom stereocenters. The molecule has 0 aliphatic carbocycles. The predicted molar refractivity (Wildman–Crippen MR) is 65.2 cm³/mol. The Bertz CT molecular complexity index is 685. The van der Waals surface area contributed by atoms with E-state index in [1.165, 1.54) is 18.4 Å². The molecule has 0 aliphatic rings. The number of furan rings is 1. The summed E-state index contributed by atoms with van der Waals surface area (Å²) in [6, 6.07) is 4.21. The minimum atomic E-state index is -4.11. The fourth-order valence-corrected chi connectivity index (χ4v) is 2.78. The van der Waals surface area contributed by atoms with E-state index in [0.717, 1.165) is 6.07 Å². The van der Waals surface area contributed by atoms with Crippen molar-refractivity contribution in [2.45, 2.75) is 10.9 Å². The van der Waals surface area contributed by atoms with Crippen LogP contribution in [0.5, 0.6) is 0 Å². The van der Waals surface area contributed by atoms with Crippen LogP contribution in [0.2, 0.25) is 0 Å². The van der Waals surface area contributed by atoms with Crippen molar-refractivity contribution in [2.24, 2.45) is 0 Å². The average molecular weight is 303 g/mol. The highest BCUT2D eigenvalue weighted by Gasteiger charge is 2.23. The van der Waals surface area contributed by atoms with Gasteiger partial charge in [-0.1, -0.05) is 0 Å². The molecule has 2 rings (SSSR count).